The number of hydrogen-bond acceptors (Lipinski definition) is 3. The number of halogens is 1. The summed E-state index contributed by atoms with van der Waals surface area (Å²) in [6, 6.07) is 9.00. The van der Waals surface area contributed by atoms with Crippen LogP contribution in [-0.4, -0.2) is 24.0 Å². The first-order valence-electron chi connectivity index (χ1n) is 6.28. The third kappa shape index (κ3) is 3.48. The Hall–Kier alpha value is -2.07. The molecule has 4 nitrogen and oxygen atoms in total. The molecule has 0 fully saturated rings. The summed E-state index contributed by atoms with van der Waals surface area (Å²) in [7, 11) is 0. The monoisotopic (exact) mass is 290 g/mol. The first-order chi connectivity index (χ1) is 9.72. The van der Waals surface area contributed by atoms with Crippen LogP contribution >= 0.6 is 11.6 Å². The van der Waals surface area contributed by atoms with Crippen molar-refractivity contribution in [2.75, 3.05) is 13.2 Å². The number of ether oxygens (including phenoxy) is 1. The van der Waals surface area contributed by atoms with E-state index < -0.39 is 0 Å². The molecule has 0 saturated carbocycles. The van der Waals surface area contributed by atoms with Crippen LogP contribution < -0.4 is 5.32 Å². The van der Waals surface area contributed by atoms with Crippen LogP contribution in [0.15, 0.2) is 43.2 Å². The fraction of sp³-hybridized carbons (Fsp3) is 0.200. The molecule has 0 saturated heterocycles. The molecule has 0 aliphatic carbocycles. The first kappa shape index (κ1) is 14.3. The maximum atomic E-state index is 12.2. The maximum absolute atomic E-state index is 12.2. The van der Waals surface area contributed by atoms with Gasteiger partial charge in [0.2, 0.25) is 0 Å². The van der Waals surface area contributed by atoms with Gasteiger partial charge in [-0.2, -0.15) is 0 Å². The van der Waals surface area contributed by atoms with Crippen molar-refractivity contribution in [2.24, 2.45) is 0 Å². The van der Waals surface area contributed by atoms with Crippen LogP contribution in [0.2, 0.25) is 5.15 Å². The van der Waals surface area contributed by atoms with Gasteiger partial charge in [-0.15, -0.1) is 0 Å². The molecule has 20 heavy (non-hydrogen) atoms. The number of pyridine rings is 1. The van der Waals surface area contributed by atoms with E-state index in [1.807, 2.05) is 24.3 Å². The van der Waals surface area contributed by atoms with Crippen molar-refractivity contribution in [2.45, 2.75) is 6.42 Å². The summed E-state index contributed by atoms with van der Waals surface area (Å²) in [5, 5.41) is 3.94. The van der Waals surface area contributed by atoms with Gasteiger partial charge in [-0.05, 0) is 18.6 Å². The van der Waals surface area contributed by atoms with E-state index >= 15 is 0 Å². The molecule has 0 aliphatic heterocycles. The number of benzene rings is 1. The molecule has 2 aromatic rings. The minimum Gasteiger partial charge on any atom is -0.502 e. The van der Waals surface area contributed by atoms with Gasteiger partial charge >= 0.3 is 0 Å². The zero-order valence-corrected chi connectivity index (χ0v) is 11.7. The molecule has 104 valence electrons. The number of carbonyl (C=O) groups is 1. The number of aromatic nitrogens is 1. The zero-order chi connectivity index (χ0) is 14.4. The SMILES string of the molecule is C=COCCCNC(=O)c1cc(Cl)nc2ccccc12. The third-order valence-corrected chi connectivity index (χ3v) is 2.97. The van der Waals surface area contributed by atoms with E-state index in [4.69, 9.17) is 16.3 Å². The van der Waals surface area contributed by atoms with E-state index in [0.29, 0.717) is 35.8 Å². The van der Waals surface area contributed by atoms with E-state index in [-0.39, 0.29) is 5.91 Å². The van der Waals surface area contributed by atoms with E-state index in [1.165, 1.54) is 6.26 Å². The number of carbonyl (C=O) groups excluding carboxylic acids is 1. The van der Waals surface area contributed by atoms with Crippen LogP contribution in [0.5, 0.6) is 0 Å². The van der Waals surface area contributed by atoms with E-state index in [9.17, 15) is 4.79 Å². The van der Waals surface area contributed by atoms with Crippen molar-refractivity contribution in [3.05, 3.63) is 53.9 Å². The normalized spacial score (nSPS) is 10.2. The molecule has 0 aliphatic rings. The zero-order valence-electron chi connectivity index (χ0n) is 10.9. The topological polar surface area (TPSA) is 51.2 Å². The fourth-order valence-electron chi connectivity index (χ4n) is 1.87. The number of hydrogen-bond donors (Lipinski definition) is 1. The van der Waals surface area contributed by atoms with Crippen molar-refractivity contribution in [1.82, 2.24) is 10.3 Å². The Morgan fingerprint density at radius 3 is 3.05 bits per heavy atom. The van der Waals surface area contributed by atoms with Crippen LogP contribution in [0.25, 0.3) is 10.9 Å². The number of fused-ring (bicyclic) bond motifs is 1. The number of amides is 1. The minimum absolute atomic E-state index is 0.163. The Kier molecular flexibility index (Phi) is 4.96. The average Bonchev–Trinajstić information content (AvgIpc) is 2.46. The summed E-state index contributed by atoms with van der Waals surface area (Å²) < 4.78 is 4.99. The average molecular weight is 291 g/mol. The molecular formula is C15H15ClN2O2. The minimum atomic E-state index is -0.163. The Bertz CT molecular complexity index is 628. The van der Waals surface area contributed by atoms with E-state index in [1.54, 1.807) is 6.07 Å². The third-order valence-electron chi connectivity index (χ3n) is 2.77. The van der Waals surface area contributed by atoms with Gasteiger partial charge in [0.25, 0.3) is 5.91 Å². The summed E-state index contributed by atoms with van der Waals surface area (Å²) in [6.45, 7) is 4.51. The van der Waals surface area contributed by atoms with Crippen molar-refractivity contribution >= 4 is 28.4 Å². The molecule has 0 atom stereocenters. The van der Waals surface area contributed by atoms with Gasteiger partial charge in [0.05, 0.1) is 23.9 Å². The maximum Gasteiger partial charge on any atom is 0.252 e. The Balaban J connectivity index is 2.11. The number of nitrogens with zero attached hydrogens (tertiary/aromatic N) is 1. The highest BCUT2D eigenvalue weighted by Gasteiger charge is 2.11. The predicted octanol–water partition coefficient (Wildman–Crippen LogP) is 3.17. The molecule has 0 spiro atoms. The van der Waals surface area contributed by atoms with Crippen molar-refractivity contribution < 1.29 is 9.53 Å². The molecule has 1 N–H and O–H groups in total. The largest absolute Gasteiger partial charge is 0.502 e. The molecule has 0 bridgehead atoms. The molecule has 2 rings (SSSR count). The lowest BCUT2D eigenvalue weighted by Crippen LogP contribution is -2.25. The number of nitrogens with one attached hydrogen (secondary N) is 1. The second kappa shape index (κ2) is 6.91. The smallest absolute Gasteiger partial charge is 0.252 e. The quantitative estimate of drug-likeness (QED) is 0.505. The van der Waals surface area contributed by atoms with Gasteiger partial charge in [0.1, 0.15) is 5.15 Å². The van der Waals surface area contributed by atoms with Crippen LogP contribution in [0.3, 0.4) is 0 Å². The molecule has 0 radical (unpaired) electrons. The van der Waals surface area contributed by atoms with Gasteiger partial charge in [0.15, 0.2) is 0 Å². The molecule has 1 amide bonds. The highest BCUT2D eigenvalue weighted by molar-refractivity contribution is 6.30. The van der Waals surface area contributed by atoms with Gasteiger partial charge in [-0.25, -0.2) is 4.98 Å². The first-order valence-corrected chi connectivity index (χ1v) is 6.66. The second-order valence-corrected chi connectivity index (χ2v) is 4.54. The van der Waals surface area contributed by atoms with Gasteiger partial charge < -0.3 is 10.1 Å². The summed E-state index contributed by atoms with van der Waals surface area (Å²) in [6.07, 6.45) is 2.10. The van der Waals surface area contributed by atoms with Gasteiger partial charge in [0, 0.05) is 11.9 Å². The molecule has 1 aromatic carbocycles. The van der Waals surface area contributed by atoms with Crippen LogP contribution in [-0.2, 0) is 4.74 Å². The Labute approximate surface area is 122 Å². The Morgan fingerprint density at radius 1 is 1.45 bits per heavy atom. The fourth-order valence-corrected chi connectivity index (χ4v) is 2.07. The lowest BCUT2D eigenvalue weighted by molar-refractivity contribution is 0.0952. The van der Waals surface area contributed by atoms with Gasteiger partial charge in [-0.1, -0.05) is 36.4 Å². The molecule has 0 unspecified atom stereocenters. The molecule has 5 heteroatoms. The highest BCUT2D eigenvalue weighted by atomic mass is 35.5. The summed E-state index contributed by atoms with van der Waals surface area (Å²) in [4.78, 5) is 16.4. The molecule has 1 aromatic heterocycles. The van der Waals surface area contributed by atoms with Crippen LogP contribution in [0.4, 0.5) is 0 Å². The summed E-state index contributed by atoms with van der Waals surface area (Å²) in [5.74, 6) is -0.163. The molecule has 1 heterocycles. The summed E-state index contributed by atoms with van der Waals surface area (Å²) in [5.41, 5.74) is 1.24. The van der Waals surface area contributed by atoms with Crippen LogP contribution in [0.1, 0.15) is 16.8 Å². The number of para-hydroxylation sites is 1. The lowest BCUT2D eigenvalue weighted by Gasteiger charge is -2.08. The molecular weight excluding hydrogens is 276 g/mol. The Morgan fingerprint density at radius 2 is 2.25 bits per heavy atom. The van der Waals surface area contributed by atoms with Crippen molar-refractivity contribution in [3.8, 4) is 0 Å². The predicted molar refractivity (Wildman–Crippen MR) is 79.9 cm³/mol. The lowest BCUT2D eigenvalue weighted by atomic mass is 10.1. The van der Waals surface area contributed by atoms with E-state index in [0.717, 1.165) is 5.39 Å². The van der Waals surface area contributed by atoms with Crippen molar-refractivity contribution in [3.63, 3.8) is 0 Å². The summed E-state index contributed by atoms with van der Waals surface area (Å²) >= 11 is 5.95. The van der Waals surface area contributed by atoms with E-state index in [2.05, 4.69) is 16.9 Å². The van der Waals surface area contributed by atoms with Crippen molar-refractivity contribution in [1.29, 1.82) is 0 Å². The van der Waals surface area contributed by atoms with Gasteiger partial charge in [-0.3, -0.25) is 4.79 Å². The number of rotatable bonds is 6. The second-order valence-electron chi connectivity index (χ2n) is 4.16. The van der Waals surface area contributed by atoms with Crippen LogP contribution in [0, 0.1) is 0 Å². The standard InChI is InChI=1S/C15H15ClN2O2/c1-2-20-9-5-8-17-15(19)12-10-14(16)18-13-7-4-3-6-11(12)13/h2-4,6-7,10H,1,5,8-9H2,(H,17,19). The highest BCUT2D eigenvalue weighted by Crippen LogP contribution is 2.20.